The summed E-state index contributed by atoms with van der Waals surface area (Å²) in [5, 5.41) is 6.18. The predicted octanol–water partition coefficient (Wildman–Crippen LogP) is 1.14. The number of carbonyl (C=O) groups excluding carboxylic acids is 2. The summed E-state index contributed by atoms with van der Waals surface area (Å²) in [5.74, 6) is 0.726. The molecule has 0 aromatic heterocycles. The molecule has 0 saturated carbocycles. The SMILES string of the molecule is CCOC(=O)C1CCN(C(=NC)NCCC(=O)NC(C)CC)CC1. The largest absolute Gasteiger partial charge is 0.466 e. The number of likely N-dealkylation sites (tertiary alicyclic amines) is 1. The molecule has 1 saturated heterocycles. The molecule has 0 aromatic rings. The van der Waals surface area contributed by atoms with Gasteiger partial charge in [0, 0.05) is 39.1 Å². The smallest absolute Gasteiger partial charge is 0.309 e. The summed E-state index contributed by atoms with van der Waals surface area (Å²) in [6.45, 7) is 8.39. The molecule has 0 spiro atoms. The van der Waals surface area contributed by atoms with Crippen molar-refractivity contribution in [1.29, 1.82) is 0 Å². The lowest BCUT2D eigenvalue weighted by atomic mass is 9.97. The van der Waals surface area contributed by atoms with Crippen LogP contribution in [-0.4, -0.2) is 62.1 Å². The Kier molecular flexibility index (Phi) is 9.19. The van der Waals surface area contributed by atoms with Crippen LogP contribution in [-0.2, 0) is 14.3 Å². The highest BCUT2D eigenvalue weighted by atomic mass is 16.5. The lowest BCUT2D eigenvalue weighted by Gasteiger charge is -2.33. The standard InChI is InChI=1S/C17H32N4O3/c1-5-13(3)20-15(22)7-10-19-17(18-4)21-11-8-14(9-12-21)16(23)24-6-2/h13-14H,5-12H2,1-4H3,(H,18,19)(H,20,22). The van der Waals surface area contributed by atoms with Crippen LogP contribution in [0.15, 0.2) is 4.99 Å². The summed E-state index contributed by atoms with van der Waals surface area (Å²) >= 11 is 0. The number of ether oxygens (including phenoxy) is 1. The van der Waals surface area contributed by atoms with Gasteiger partial charge in [0.05, 0.1) is 12.5 Å². The Morgan fingerprint density at radius 1 is 1.29 bits per heavy atom. The Bertz CT molecular complexity index is 432. The highest BCUT2D eigenvalue weighted by molar-refractivity contribution is 5.82. The summed E-state index contributed by atoms with van der Waals surface area (Å²) in [4.78, 5) is 30.0. The topological polar surface area (TPSA) is 83.0 Å². The summed E-state index contributed by atoms with van der Waals surface area (Å²) in [5.41, 5.74) is 0. The summed E-state index contributed by atoms with van der Waals surface area (Å²) in [7, 11) is 1.74. The van der Waals surface area contributed by atoms with Crippen LogP contribution in [0.4, 0.5) is 0 Å². The molecular weight excluding hydrogens is 308 g/mol. The first-order valence-electron chi connectivity index (χ1n) is 8.93. The molecule has 0 radical (unpaired) electrons. The van der Waals surface area contributed by atoms with E-state index < -0.39 is 0 Å². The lowest BCUT2D eigenvalue weighted by molar-refractivity contribution is -0.149. The Morgan fingerprint density at radius 2 is 1.96 bits per heavy atom. The molecule has 0 aliphatic carbocycles. The molecule has 0 bridgehead atoms. The number of aliphatic imine (C=N–C) groups is 1. The molecular formula is C17H32N4O3. The minimum Gasteiger partial charge on any atom is -0.466 e. The summed E-state index contributed by atoms with van der Waals surface area (Å²) in [6, 6.07) is 0.207. The second-order valence-electron chi connectivity index (χ2n) is 6.11. The number of rotatable bonds is 7. The van der Waals surface area contributed by atoms with Crippen molar-refractivity contribution >= 4 is 17.8 Å². The van der Waals surface area contributed by atoms with Gasteiger partial charge in [0.15, 0.2) is 5.96 Å². The van der Waals surface area contributed by atoms with Gasteiger partial charge in [-0.25, -0.2) is 0 Å². The number of nitrogens with one attached hydrogen (secondary N) is 2. The first-order chi connectivity index (χ1) is 11.5. The summed E-state index contributed by atoms with van der Waals surface area (Å²) in [6.07, 6.45) is 2.89. The van der Waals surface area contributed by atoms with Crippen LogP contribution >= 0.6 is 0 Å². The number of hydrogen-bond donors (Lipinski definition) is 2. The third-order valence-electron chi connectivity index (χ3n) is 4.28. The Morgan fingerprint density at radius 3 is 2.50 bits per heavy atom. The van der Waals surface area contributed by atoms with Gasteiger partial charge in [-0.3, -0.25) is 14.6 Å². The Labute approximate surface area is 145 Å². The first-order valence-corrected chi connectivity index (χ1v) is 8.93. The van der Waals surface area contributed by atoms with E-state index in [9.17, 15) is 9.59 Å². The normalized spacial score (nSPS) is 17.3. The molecule has 1 atom stereocenters. The van der Waals surface area contributed by atoms with Crippen LogP contribution in [0.2, 0.25) is 0 Å². The van der Waals surface area contributed by atoms with E-state index in [0.717, 1.165) is 38.3 Å². The molecule has 1 aliphatic heterocycles. The molecule has 1 rings (SSSR count). The van der Waals surface area contributed by atoms with E-state index in [1.54, 1.807) is 7.05 Å². The van der Waals surface area contributed by atoms with Gasteiger partial charge in [-0.15, -0.1) is 0 Å². The van der Waals surface area contributed by atoms with Crippen molar-refractivity contribution in [2.45, 2.75) is 52.5 Å². The van der Waals surface area contributed by atoms with E-state index in [0.29, 0.717) is 19.6 Å². The first kappa shape index (κ1) is 20.3. The van der Waals surface area contributed by atoms with Crippen LogP contribution in [0.3, 0.4) is 0 Å². The van der Waals surface area contributed by atoms with Crippen molar-refractivity contribution in [3.63, 3.8) is 0 Å². The minimum atomic E-state index is -0.0955. The molecule has 1 fully saturated rings. The van der Waals surface area contributed by atoms with Crippen molar-refractivity contribution in [2.24, 2.45) is 10.9 Å². The Balaban J connectivity index is 2.33. The number of piperidine rings is 1. The Hall–Kier alpha value is -1.79. The molecule has 7 heteroatoms. The monoisotopic (exact) mass is 340 g/mol. The number of esters is 1. The number of nitrogens with zero attached hydrogens (tertiary/aromatic N) is 2. The molecule has 0 aromatic carbocycles. The number of amides is 1. The molecule has 24 heavy (non-hydrogen) atoms. The van der Waals surface area contributed by atoms with E-state index >= 15 is 0 Å². The van der Waals surface area contributed by atoms with E-state index in [1.165, 1.54) is 0 Å². The van der Waals surface area contributed by atoms with Gasteiger partial charge in [-0.05, 0) is 33.1 Å². The van der Waals surface area contributed by atoms with E-state index in [1.807, 2.05) is 20.8 Å². The minimum absolute atomic E-state index is 0.0133. The van der Waals surface area contributed by atoms with Gasteiger partial charge in [-0.1, -0.05) is 6.92 Å². The van der Waals surface area contributed by atoms with Gasteiger partial charge < -0.3 is 20.3 Å². The van der Waals surface area contributed by atoms with Crippen LogP contribution < -0.4 is 10.6 Å². The van der Waals surface area contributed by atoms with Gasteiger partial charge in [0.25, 0.3) is 0 Å². The molecule has 1 unspecified atom stereocenters. The van der Waals surface area contributed by atoms with Crippen LogP contribution in [0.5, 0.6) is 0 Å². The molecule has 7 nitrogen and oxygen atoms in total. The zero-order valence-corrected chi connectivity index (χ0v) is 15.4. The number of carbonyl (C=O) groups is 2. The van der Waals surface area contributed by atoms with E-state index in [4.69, 9.17) is 4.74 Å². The molecule has 2 N–H and O–H groups in total. The van der Waals surface area contributed by atoms with Gasteiger partial charge in [-0.2, -0.15) is 0 Å². The maximum Gasteiger partial charge on any atom is 0.309 e. The highest BCUT2D eigenvalue weighted by Gasteiger charge is 2.27. The van der Waals surface area contributed by atoms with Crippen LogP contribution in [0, 0.1) is 5.92 Å². The maximum absolute atomic E-state index is 11.8. The fourth-order valence-electron chi connectivity index (χ4n) is 2.66. The van der Waals surface area contributed by atoms with Gasteiger partial charge in [0.2, 0.25) is 5.91 Å². The molecule has 1 amide bonds. The molecule has 1 aliphatic rings. The van der Waals surface area contributed by atoms with Crippen molar-refractivity contribution in [3.8, 4) is 0 Å². The van der Waals surface area contributed by atoms with E-state index in [-0.39, 0.29) is 23.8 Å². The van der Waals surface area contributed by atoms with Gasteiger partial charge >= 0.3 is 5.97 Å². The zero-order chi connectivity index (χ0) is 17.9. The third-order valence-corrected chi connectivity index (χ3v) is 4.28. The number of hydrogen-bond acceptors (Lipinski definition) is 4. The molecule has 138 valence electrons. The van der Waals surface area contributed by atoms with E-state index in [2.05, 4.69) is 20.5 Å². The average molecular weight is 340 g/mol. The predicted molar refractivity (Wildman–Crippen MR) is 94.8 cm³/mol. The quantitative estimate of drug-likeness (QED) is 0.413. The second-order valence-corrected chi connectivity index (χ2v) is 6.11. The molecule has 1 heterocycles. The maximum atomic E-state index is 11.8. The van der Waals surface area contributed by atoms with Crippen LogP contribution in [0.1, 0.15) is 46.5 Å². The summed E-state index contributed by atoms with van der Waals surface area (Å²) < 4.78 is 5.09. The second kappa shape index (κ2) is 10.9. The third kappa shape index (κ3) is 6.76. The van der Waals surface area contributed by atoms with Crippen LogP contribution in [0.25, 0.3) is 0 Å². The fraction of sp³-hybridized carbons (Fsp3) is 0.824. The van der Waals surface area contributed by atoms with Crippen molar-refractivity contribution < 1.29 is 14.3 Å². The van der Waals surface area contributed by atoms with Crippen molar-refractivity contribution in [1.82, 2.24) is 15.5 Å². The van der Waals surface area contributed by atoms with Gasteiger partial charge in [0.1, 0.15) is 0 Å². The highest BCUT2D eigenvalue weighted by Crippen LogP contribution is 2.18. The zero-order valence-electron chi connectivity index (χ0n) is 15.4. The fourth-order valence-corrected chi connectivity index (χ4v) is 2.66. The number of guanidine groups is 1. The average Bonchev–Trinajstić information content (AvgIpc) is 2.59. The van der Waals surface area contributed by atoms with Crippen molar-refractivity contribution in [3.05, 3.63) is 0 Å². The lowest BCUT2D eigenvalue weighted by Crippen LogP contribution is -2.47. The van der Waals surface area contributed by atoms with Crippen molar-refractivity contribution in [2.75, 3.05) is 33.3 Å².